The van der Waals surface area contributed by atoms with Crippen LogP contribution in [0.25, 0.3) is 0 Å². The van der Waals surface area contributed by atoms with Crippen LogP contribution in [0, 0.1) is 0 Å². The summed E-state index contributed by atoms with van der Waals surface area (Å²) in [6.45, 7) is 0.423. The standard InChI is InChI=1S/C33H32N4O6/c34-30(39)28(18-21-6-14-26(38)15-7-21)36-32(41)24-10-12-25(13-11-24)33(42)37-29(31(35)40)19-22-8-16-27(17-9-22)43-20-23-4-2-1-3-5-23/h1-17,28-29,38H,18-20H2,(H2,34,39)(H2,35,40)(H,36,41)(H,37,42). The highest BCUT2D eigenvalue weighted by atomic mass is 16.5. The van der Waals surface area contributed by atoms with Gasteiger partial charge in [0.15, 0.2) is 0 Å². The minimum absolute atomic E-state index is 0.0774. The number of hydrogen-bond donors (Lipinski definition) is 5. The van der Waals surface area contributed by atoms with Crippen molar-refractivity contribution in [1.29, 1.82) is 0 Å². The van der Waals surface area contributed by atoms with Crippen molar-refractivity contribution in [3.05, 3.63) is 131 Å². The average Bonchev–Trinajstić information content (AvgIpc) is 3.01. The van der Waals surface area contributed by atoms with Crippen LogP contribution in [0.4, 0.5) is 0 Å². The molecule has 220 valence electrons. The minimum atomic E-state index is -0.985. The number of hydrogen-bond acceptors (Lipinski definition) is 6. The van der Waals surface area contributed by atoms with E-state index >= 15 is 0 Å². The molecule has 2 unspecified atom stereocenters. The fourth-order valence-electron chi connectivity index (χ4n) is 4.27. The molecular formula is C33H32N4O6. The number of primary amides is 2. The molecule has 4 amide bonds. The van der Waals surface area contributed by atoms with Crippen LogP contribution in [-0.4, -0.2) is 40.8 Å². The van der Waals surface area contributed by atoms with Gasteiger partial charge in [-0.3, -0.25) is 19.2 Å². The van der Waals surface area contributed by atoms with E-state index in [1.807, 2.05) is 30.3 Å². The molecule has 0 aliphatic carbocycles. The lowest BCUT2D eigenvalue weighted by atomic mass is 10.0. The van der Waals surface area contributed by atoms with Crippen molar-refractivity contribution in [2.75, 3.05) is 0 Å². The van der Waals surface area contributed by atoms with Crippen molar-refractivity contribution in [3.63, 3.8) is 0 Å². The number of amides is 4. The first-order chi connectivity index (χ1) is 20.7. The van der Waals surface area contributed by atoms with Crippen molar-refractivity contribution < 1.29 is 29.0 Å². The summed E-state index contributed by atoms with van der Waals surface area (Å²) in [6, 6.07) is 26.9. The number of phenols is 1. The van der Waals surface area contributed by atoms with Crippen LogP contribution in [0.1, 0.15) is 37.4 Å². The summed E-state index contributed by atoms with van der Waals surface area (Å²) in [5.41, 5.74) is 14.0. The number of nitrogens with two attached hydrogens (primary N) is 2. The summed E-state index contributed by atoms with van der Waals surface area (Å²) in [4.78, 5) is 49.7. The summed E-state index contributed by atoms with van der Waals surface area (Å²) >= 11 is 0. The molecule has 0 fully saturated rings. The number of benzene rings is 4. The van der Waals surface area contributed by atoms with Crippen molar-refractivity contribution in [1.82, 2.24) is 10.6 Å². The van der Waals surface area contributed by atoms with E-state index in [0.717, 1.165) is 11.1 Å². The average molecular weight is 581 g/mol. The Morgan fingerprint density at radius 1 is 0.605 bits per heavy atom. The third kappa shape index (κ3) is 8.92. The van der Waals surface area contributed by atoms with E-state index in [2.05, 4.69) is 10.6 Å². The number of phenolic OH excluding ortho intramolecular Hbond substituents is 1. The Hall–Kier alpha value is -5.64. The maximum atomic E-state index is 12.9. The van der Waals surface area contributed by atoms with Gasteiger partial charge in [0, 0.05) is 24.0 Å². The van der Waals surface area contributed by atoms with E-state index in [-0.39, 0.29) is 29.7 Å². The third-order valence-electron chi connectivity index (χ3n) is 6.69. The monoisotopic (exact) mass is 580 g/mol. The van der Waals surface area contributed by atoms with Crippen LogP contribution < -0.4 is 26.8 Å². The fourth-order valence-corrected chi connectivity index (χ4v) is 4.27. The third-order valence-corrected chi connectivity index (χ3v) is 6.69. The van der Waals surface area contributed by atoms with Gasteiger partial charge in [0.2, 0.25) is 11.8 Å². The Morgan fingerprint density at radius 2 is 1.05 bits per heavy atom. The normalized spacial score (nSPS) is 12.0. The predicted molar refractivity (Wildman–Crippen MR) is 160 cm³/mol. The van der Waals surface area contributed by atoms with E-state index < -0.39 is 35.7 Å². The largest absolute Gasteiger partial charge is 0.508 e. The van der Waals surface area contributed by atoms with E-state index in [0.29, 0.717) is 17.9 Å². The zero-order valence-corrected chi connectivity index (χ0v) is 23.2. The second kappa shape index (κ2) is 14.3. The lowest BCUT2D eigenvalue weighted by Gasteiger charge is -2.17. The van der Waals surface area contributed by atoms with E-state index in [9.17, 15) is 24.3 Å². The molecule has 0 saturated carbocycles. The van der Waals surface area contributed by atoms with Crippen LogP contribution in [0.3, 0.4) is 0 Å². The molecule has 0 aliphatic rings. The molecule has 0 heterocycles. The van der Waals surface area contributed by atoms with Gasteiger partial charge in [-0.15, -0.1) is 0 Å². The van der Waals surface area contributed by atoms with Crippen LogP contribution in [0.15, 0.2) is 103 Å². The van der Waals surface area contributed by atoms with Crippen molar-refractivity contribution >= 4 is 23.6 Å². The molecule has 0 bridgehead atoms. The first-order valence-electron chi connectivity index (χ1n) is 13.5. The molecule has 2 atom stereocenters. The highest BCUT2D eigenvalue weighted by molar-refractivity contribution is 6.00. The molecule has 43 heavy (non-hydrogen) atoms. The van der Waals surface area contributed by atoms with Crippen molar-refractivity contribution in [3.8, 4) is 11.5 Å². The Kier molecular flexibility index (Phi) is 10.1. The number of rotatable bonds is 13. The smallest absolute Gasteiger partial charge is 0.251 e. The van der Waals surface area contributed by atoms with Gasteiger partial charge in [0.25, 0.3) is 11.8 Å². The van der Waals surface area contributed by atoms with Gasteiger partial charge in [-0.1, -0.05) is 54.6 Å². The molecular weight excluding hydrogens is 548 g/mol. The number of aromatic hydroxyl groups is 1. The SMILES string of the molecule is NC(=O)C(Cc1ccc(O)cc1)NC(=O)c1ccc(C(=O)NC(Cc2ccc(OCc3ccccc3)cc2)C(N)=O)cc1. The highest BCUT2D eigenvalue weighted by Crippen LogP contribution is 2.16. The Balaban J connectivity index is 1.32. The molecule has 4 aromatic rings. The molecule has 0 aromatic heterocycles. The van der Waals surface area contributed by atoms with E-state index in [4.69, 9.17) is 16.2 Å². The second-order valence-electron chi connectivity index (χ2n) is 9.93. The molecule has 0 radical (unpaired) electrons. The maximum absolute atomic E-state index is 12.9. The number of nitrogens with one attached hydrogen (secondary N) is 2. The molecule has 0 spiro atoms. The first kappa shape index (κ1) is 30.3. The molecule has 0 aliphatic heterocycles. The van der Waals surface area contributed by atoms with Gasteiger partial charge in [-0.2, -0.15) is 0 Å². The lowest BCUT2D eigenvalue weighted by molar-refractivity contribution is -0.120. The van der Waals surface area contributed by atoms with E-state index in [1.54, 1.807) is 36.4 Å². The van der Waals surface area contributed by atoms with Crippen LogP contribution in [-0.2, 0) is 29.0 Å². The summed E-state index contributed by atoms with van der Waals surface area (Å²) in [5, 5.41) is 14.7. The molecule has 7 N–H and O–H groups in total. The topological polar surface area (TPSA) is 174 Å². The van der Waals surface area contributed by atoms with Gasteiger partial charge in [-0.25, -0.2) is 0 Å². The van der Waals surface area contributed by atoms with Gasteiger partial charge in [0.05, 0.1) is 0 Å². The van der Waals surface area contributed by atoms with E-state index in [1.165, 1.54) is 36.4 Å². The highest BCUT2D eigenvalue weighted by Gasteiger charge is 2.22. The minimum Gasteiger partial charge on any atom is -0.508 e. The van der Waals surface area contributed by atoms with Crippen molar-refractivity contribution in [2.45, 2.75) is 31.5 Å². The Morgan fingerprint density at radius 3 is 1.49 bits per heavy atom. The predicted octanol–water partition coefficient (Wildman–Crippen LogP) is 2.62. The van der Waals surface area contributed by atoms with Crippen molar-refractivity contribution in [2.24, 2.45) is 11.5 Å². The lowest BCUT2D eigenvalue weighted by Crippen LogP contribution is -2.46. The molecule has 4 aromatic carbocycles. The number of ether oxygens (including phenoxy) is 1. The number of carbonyl (C=O) groups is 4. The molecule has 10 nitrogen and oxygen atoms in total. The Labute approximate surface area is 248 Å². The van der Waals surface area contributed by atoms with Gasteiger partial charge in [-0.05, 0) is 65.2 Å². The first-order valence-corrected chi connectivity index (χ1v) is 13.5. The molecule has 10 heteroatoms. The molecule has 0 saturated heterocycles. The quantitative estimate of drug-likeness (QED) is 0.163. The van der Waals surface area contributed by atoms with Gasteiger partial charge in [0.1, 0.15) is 30.2 Å². The Bertz CT molecular complexity index is 1560. The fraction of sp³-hybridized carbons (Fsp3) is 0.152. The maximum Gasteiger partial charge on any atom is 0.251 e. The summed E-state index contributed by atoms with van der Waals surface area (Å²) in [7, 11) is 0. The summed E-state index contributed by atoms with van der Waals surface area (Å²) in [5.74, 6) is -1.77. The van der Waals surface area contributed by atoms with Crippen LogP contribution in [0.5, 0.6) is 11.5 Å². The zero-order valence-electron chi connectivity index (χ0n) is 23.2. The molecule has 4 rings (SSSR count). The van der Waals surface area contributed by atoms with Crippen LogP contribution in [0.2, 0.25) is 0 Å². The summed E-state index contributed by atoms with van der Waals surface area (Å²) < 4.78 is 5.79. The van der Waals surface area contributed by atoms with Crippen LogP contribution >= 0.6 is 0 Å². The summed E-state index contributed by atoms with van der Waals surface area (Å²) in [6.07, 6.45) is 0.315. The second-order valence-corrected chi connectivity index (χ2v) is 9.93. The van der Waals surface area contributed by atoms with Gasteiger partial charge >= 0.3 is 0 Å². The zero-order chi connectivity index (χ0) is 30.8. The van der Waals surface area contributed by atoms with Gasteiger partial charge < -0.3 is 31.9 Å². The number of carbonyl (C=O) groups excluding carboxylic acids is 4.